The van der Waals surface area contributed by atoms with Crippen molar-refractivity contribution < 1.29 is 22.7 Å². The van der Waals surface area contributed by atoms with E-state index in [-0.39, 0.29) is 35.8 Å². The third-order valence-corrected chi connectivity index (χ3v) is 8.72. The van der Waals surface area contributed by atoms with Crippen molar-refractivity contribution in [3.8, 4) is 5.75 Å². The second-order valence-corrected chi connectivity index (χ2v) is 10.8. The van der Waals surface area contributed by atoms with Gasteiger partial charge in [0.2, 0.25) is 10.0 Å². The summed E-state index contributed by atoms with van der Waals surface area (Å²) >= 11 is 3.39. The van der Waals surface area contributed by atoms with Gasteiger partial charge in [0.25, 0.3) is 0 Å². The molecule has 1 aliphatic heterocycles. The van der Waals surface area contributed by atoms with Crippen LogP contribution >= 0.6 is 15.9 Å². The molecule has 33 heavy (non-hydrogen) atoms. The maximum Gasteiger partial charge on any atom is 0.311 e. The maximum absolute atomic E-state index is 13.5. The molecule has 0 radical (unpaired) electrons. The Morgan fingerprint density at radius 3 is 2.67 bits per heavy atom. The Balaban J connectivity index is 1.66. The molecule has 0 spiro atoms. The van der Waals surface area contributed by atoms with Crippen molar-refractivity contribution >= 4 is 42.8 Å². The fraction of sp³-hybridized carbons (Fsp3) is 0.391. The smallest absolute Gasteiger partial charge is 0.311 e. The molecule has 0 unspecified atom stereocenters. The van der Waals surface area contributed by atoms with Crippen LogP contribution in [0.2, 0.25) is 0 Å². The zero-order chi connectivity index (χ0) is 23.8. The first-order valence-electron chi connectivity index (χ1n) is 10.7. The van der Waals surface area contributed by atoms with Crippen LogP contribution in [-0.2, 0) is 26.0 Å². The molecule has 2 aromatic carbocycles. The molecule has 0 bridgehead atoms. The van der Waals surface area contributed by atoms with Crippen LogP contribution in [0.5, 0.6) is 5.75 Å². The van der Waals surface area contributed by atoms with Crippen molar-refractivity contribution in [2.45, 2.75) is 31.2 Å². The lowest BCUT2D eigenvalue weighted by atomic mass is 10.1. The maximum atomic E-state index is 13.5. The van der Waals surface area contributed by atoms with Crippen LogP contribution < -0.4 is 4.74 Å². The molecule has 1 saturated heterocycles. The Morgan fingerprint density at radius 2 is 1.97 bits per heavy atom. The lowest BCUT2D eigenvalue weighted by molar-refractivity contribution is -0.139. The zero-order valence-electron chi connectivity index (χ0n) is 18.7. The van der Waals surface area contributed by atoms with Crippen molar-refractivity contribution in [2.24, 2.45) is 5.92 Å². The number of rotatable bonds is 7. The molecule has 176 valence electrons. The molecule has 0 amide bonds. The SMILES string of the molecule is CCOc1ccc(S(=O)(=O)N2C[C@@H](C)[C@@H](n3nc(CC(=O)OC)c4ccccc43)C2)c(Br)c1. The number of nitrogens with zero attached hydrogens (tertiary/aromatic N) is 3. The number of carbonyl (C=O) groups excluding carboxylic acids is 1. The van der Waals surface area contributed by atoms with Crippen molar-refractivity contribution in [3.05, 3.63) is 52.6 Å². The molecule has 2 atom stereocenters. The Bertz CT molecular complexity index is 1290. The van der Waals surface area contributed by atoms with E-state index in [9.17, 15) is 13.2 Å². The number of fused-ring (bicyclic) bond motifs is 1. The summed E-state index contributed by atoms with van der Waals surface area (Å²) in [5.41, 5.74) is 1.50. The van der Waals surface area contributed by atoms with E-state index in [0.717, 1.165) is 10.9 Å². The summed E-state index contributed by atoms with van der Waals surface area (Å²) in [7, 11) is -2.38. The molecular weight excluding hydrogens is 510 g/mol. The minimum Gasteiger partial charge on any atom is -0.494 e. The summed E-state index contributed by atoms with van der Waals surface area (Å²) in [6, 6.07) is 12.4. The van der Waals surface area contributed by atoms with Crippen LogP contribution in [0.15, 0.2) is 51.8 Å². The summed E-state index contributed by atoms with van der Waals surface area (Å²) in [6.07, 6.45) is 0.0618. The molecule has 1 fully saturated rings. The topological polar surface area (TPSA) is 90.7 Å². The first-order chi connectivity index (χ1) is 15.8. The van der Waals surface area contributed by atoms with Crippen LogP contribution in [0.4, 0.5) is 0 Å². The van der Waals surface area contributed by atoms with Gasteiger partial charge in [-0.15, -0.1) is 0 Å². The number of aromatic nitrogens is 2. The fourth-order valence-corrected chi connectivity index (χ4v) is 6.83. The normalized spacial score (nSPS) is 19.2. The van der Waals surface area contributed by atoms with E-state index in [4.69, 9.17) is 14.6 Å². The van der Waals surface area contributed by atoms with Gasteiger partial charge in [0, 0.05) is 22.9 Å². The third kappa shape index (κ3) is 4.51. The molecule has 2 heterocycles. The van der Waals surface area contributed by atoms with E-state index < -0.39 is 10.0 Å². The summed E-state index contributed by atoms with van der Waals surface area (Å²) < 4.78 is 41.0. The van der Waals surface area contributed by atoms with Crippen LogP contribution in [0, 0.1) is 5.92 Å². The highest BCUT2D eigenvalue weighted by Crippen LogP contribution is 2.36. The second kappa shape index (κ2) is 9.44. The molecular formula is C23H26BrN3O5S. The van der Waals surface area contributed by atoms with E-state index in [1.807, 2.05) is 42.8 Å². The predicted octanol–water partition coefficient (Wildman–Crippen LogP) is 3.79. The number of methoxy groups -OCH3 is 1. The van der Waals surface area contributed by atoms with Gasteiger partial charge in [0.1, 0.15) is 5.75 Å². The fourth-order valence-electron chi connectivity index (χ4n) is 4.25. The van der Waals surface area contributed by atoms with Gasteiger partial charge in [-0.3, -0.25) is 9.48 Å². The number of carbonyl (C=O) groups is 1. The van der Waals surface area contributed by atoms with E-state index in [2.05, 4.69) is 15.9 Å². The molecule has 1 aromatic heterocycles. The first kappa shape index (κ1) is 23.7. The number of sulfonamides is 1. The number of benzene rings is 2. The van der Waals surface area contributed by atoms with Gasteiger partial charge in [0.05, 0.1) is 42.3 Å². The van der Waals surface area contributed by atoms with Crippen LogP contribution in [-0.4, -0.2) is 55.3 Å². The predicted molar refractivity (Wildman–Crippen MR) is 128 cm³/mol. The molecule has 1 aliphatic rings. The van der Waals surface area contributed by atoms with Gasteiger partial charge < -0.3 is 9.47 Å². The van der Waals surface area contributed by atoms with Gasteiger partial charge in [-0.1, -0.05) is 25.1 Å². The summed E-state index contributed by atoms with van der Waals surface area (Å²) in [6.45, 7) is 5.04. The molecule has 0 aliphatic carbocycles. The number of hydrogen-bond donors (Lipinski definition) is 0. The van der Waals surface area contributed by atoms with E-state index >= 15 is 0 Å². The van der Waals surface area contributed by atoms with E-state index in [1.165, 1.54) is 11.4 Å². The van der Waals surface area contributed by atoms with E-state index in [0.29, 0.717) is 29.1 Å². The Morgan fingerprint density at radius 1 is 1.21 bits per heavy atom. The molecule has 4 rings (SSSR count). The monoisotopic (exact) mass is 535 g/mol. The number of hydrogen-bond acceptors (Lipinski definition) is 6. The van der Waals surface area contributed by atoms with Gasteiger partial charge >= 0.3 is 5.97 Å². The largest absolute Gasteiger partial charge is 0.494 e. The highest BCUT2D eigenvalue weighted by Gasteiger charge is 2.40. The Labute approximate surface area is 201 Å². The highest BCUT2D eigenvalue weighted by atomic mass is 79.9. The van der Waals surface area contributed by atoms with Gasteiger partial charge in [-0.05, 0) is 53.0 Å². The summed E-state index contributed by atoms with van der Waals surface area (Å²) in [5, 5.41) is 5.58. The second-order valence-electron chi connectivity index (χ2n) is 8.05. The lowest BCUT2D eigenvalue weighted by Crippen LogP contribution is -2.29. The third-order valence-electron chi connectivity index (χ3n) is 5.92. The molecule has 10 heteroatoms. The van der Waals surface area contributed by atoms with Crippen LogP contribution in [0.3, 0.4) is 0 Å². The van der Waals surface area contributed by atoms with Crippen molar-refractivity contribution in [1.29, 1.82) is 0 Å². The van der Waals surface area contributed by atoms with Crippen molar-refractivity contribution in [1.82, 2.24) is 14.1 Å². The molecule has 3 aromatic rings. The molecule has 0 saturated carbocycles. The lowest BCUT2D eigenvalue weighted by Gasteiger charge is -2.18. The van der Waals surface area contributed by atoms with Crippen molar-refractivity contribution in [3.63, 3.8) is 0 Å². The highest BCUT2D eigenvalue weighted by molar-refractivity contribution is 9.10. The molecule has 0 N–H and O–H groups in total. The minimum absolute atomic E-state index is 0.0236. The quantitative estimate of drug-likeness (QED) is 0.427. The number of halogens is 1. The van der Waals surface area contributed by atoms with Crippen LogP contribution in [0.1, 0.15) is 25.6 Å². The van der Waals surface area contributed by atoms with Crippen LogP contribution in [0.25, 0.3) is 10.9 Å². The number of esters is 1. The van der Waals surface area contributed by atoms with Gasteiger partial charge in [-0.2, -0.15) is 9.40 Å². The summed E-state index contributed by atoms with van der Waals surface area (Å²) in [5.74, 6) is 0.266. The molecule has 8 nitrogen and oxygen atoms in total. The minimum atomic E-state index is -3.73. The number of ether oxygens (including phenoxy) is 2. The van der Waals surface area contributed by atoms with Crippen molar-refractivity contribution in [2.75, 3.05) is 26.8 Å². The Kier molecular flexibility index (Phi) is 6.78. The zero-order valence-corrected chi connectivity index (χ0v) is 21.1. The standard InChI is InChI=1S/C23H26BrN3O5S/c1-4-32-16-9-10-22(18(24)11-16)33(29,30)26-13-15(2)21(14-26)27-20-8-6-5-7-17(20)19(25-27)12-23(28)31-3/h5-11,15,21H,4,12-14H2,1-3H3/t15-,21+/m1/s1. The van der Waals surface area contributed by atoms with Gasteiger partial charge in [0.15, 0.2) is 0 Å². The summed E-state index contributed by atoms with van der Waals surface area (Å²) in [4.78, 5) is 12.1. The average molecular weight is 536 g/mol. The van der Waals surface area contributed by atoms with E-state index in [1.54, 1.807) is 18.2 Å². The Hall–Kier alpha value is -2.43. The van der Waals surface area contributed by atoms with Gasteiger partial charge in [-0.25, -0.2) is 8.42 Å². The first-order valence-corrected chi connectivity index (χ1v) is 12.9. The number of para-hydroxylation sites is 1. The average Bonchev–Trinajstić information content (AvgIpc) is 3.35.